The minimum atomic E-state index is -4.78. The van der Waals surface area contributed by atoms with Crippen LogP contribution in [0.1, 0.15) is 46.1 Å². The van der Waals surface area contributed by atoms with Crippen molar-refractivity contribution in [3.05, 3.63) is 85.7 Å². The Kier molecular flexibility index (Phi) is 5.94. The van der Waals surface area contributed by atoms with Gasteiger partial charge in [-0.2, -0.15) is 26.3 Å². The van der Waals surface area contributed by atoms with Gasteiger partial charge in [0.1, 0.15) is 11.3 Å². The lowest BCUT2D eigenvalue weighted by Gasteiger charge is -2.32. The number of benzene rings is 1. The molecule has 11 heteroatoms. The van der Waals surface area contributed by atoms with Crippen LogP contribution in [-0.4, -0.2) is 17.1 Å². The highest BCUT2D eigenvalue weighted by Crippen LogP contribution is 2.48. The predicted octanol–water partition coefficient (Wildman–Crippen LogP) is 5.68. The maximum Gasteiger partial charge on any atom is 0.431 e. The van der Waals surface area contributed by atoms with Gasteiger partial charge in [-0.05, 0) is 52.6 Å². The average Bonchev–Trinajstić information content (AvgIpc) is 2.72. The molecule has 2 aliphatic rings. The van der Waals surface area contributed by atoms with E-state index in [4.69, 9.17) is 0 Å². The largest absolute Gasteiger partial charge is 0.431 e. The van der Waals surface area contributed by atoms with Gasteiger partial charge in [0.25, 0.3) is 11.5 Å². The normalized spacial score (nSPS) is 18.1. The molecule has 2 N–H and O–H groups in total. The SMILES string of the molecule is O=C(NC1C2=C(CCC=C2)Sc2ccc(CC(F)(F)F)cc21)c1ccc(C(F)(F)F)[nH]c1=O. The number of halogens is 6. The molecule has 1 atom stereocenters. The fraction of sp³-hybridized carbons (Fsp3) is 0.273. The smallest absolute Gasteiger partial charge is 0.341 e. The van der Waals surface area contributed by atoms with E-state index in [2.05, 4.69) is 5.32 Å². The summed E-state index contributed by atoms with van der Waals surface area (Å²) in [5, 5.41) is 2.64. The number of hydrogen-bond acceptors (Lipinski definition) is 3. The van der Waals surface area contributed by atoms with Gasteiger partial charge in [-0.25, -0.2) is 0 Å². The van der Waals surface area contributed by atoms with Crippen molar-refractivity contribution < 1.29 is 31.1 Å². The van der Waals surface area contributed by atoms with Crippen LogP contribution in [0.15, 0.2) is 62.7 Å². The monoisotopic (exact) mass is 486 g/mol. The Morgan fingerprint density at radius 2 is 1.88 bits per heavy atom. The van der Waals surface area contributed by atoms with Gasteiger partial charge >= 0.3 is 12.4 Å². The van der Waals surface area contributed by atoms with E-state index < -0.39 is 47.5 Å². The molecule has 1 aromatic carbocycles. The van der Waals surface area contributed by atoms with Gasteiger partial charge in [0, 0.05) is 4.90 Å². The van der Waals surface area contributed by atoms with Crippen LogP contribution in [0.4, 0.5) is 26.3 Å². The number of pyridine rings is 1. The number of fused-ring (bicyclic) bond motifs is 1. The Hall–Kier alpha value is -2.95. The molecule has 1 aliphatic heterocycles. The zero-order valence-corrected chi connectivity index (χ0v) is 17.5. The first-order valence-corrected chi connectivity index (χ1v) is 10.6. The maximum absolute atomic E-state index is 12.9. The molecule has 0 radical (unpaired) electrons. The van der Waals surface area contributed by atoms with Crippen molar-refractivity contribution in [3.63, 3.8) is 0 Å². The number of carbonyl (C=O) groups is 1. The second-order valence-electron chi connectivity index (χ2n) is 7.60. The molecule has 174 valence electrons. The number of aromatic amines is 1. The minimum Gasteiger partial charge on any atom is -0.341 e. The number of H-pyrrole nitrogens is 1. The molecule has 1 unspecified atom stereocenters. The summed E-state index contributed by atoms with van der Waals surface area (Å²) in [6.45, 7) is 0. The molecule has 0 bridgehead atoms. The third-order valence-electron chi connectivity index (χ3n) is 5.23. The van der Waals surface area contributed by atoms with Crippen LogP contribution in [0.25, 0.3) is 0 Å². The molecular formula is C22H16F6N2O2S. The summed E-state index contributed by atoms with van der Waals surface area (Å²) in [6.07, 6.45) is -5.28. The van der Waals surface area contributed by atoms with E-state index in [0.29, 0.717) is 28.5 Å². The van der Waals surface area contributed by atoms with Crippen molar-refractivity contribution in [1.82, 2.24) is 10.3 Å². The average molecular weight is 486 g/mol. The molecule has 4 rings (SSSR count). The molecule has 0 fully saturated rings. The van der Waals surface area contributed by atoms with Crippen molar-refractivity contribution in [2.24, 2.45) is 0 Å². The number of allylic oxidation sites excluding steroid dienone is 2. The van der Waals surface area contributed by atoms with E-state index in [1.54, 1.807) is 17.1 Å². The third-order valence-corrected chi connectivity index (χ3v) is 6.50. The highest BCUT2D eigenvalue weighted by atomic mass is 32.2. The van der Waals surface area contributed by atoms with Crippen LogP contribution < -0.4 is 10.9 Å². The Balaban J connectivity index is 1.71. The molecule has 0 saturated carbocycles. The minimum absolute atomic E-state index is 0.0114. The molecule has 0 saturated heterocycles. The molecular weight excluding hydrogens is 470 g/mol. The van der Waals surface area contributed by atoms with Crippen molar-refractivity contribution in [2.75, 3.05) is 0 Å². The van der Waals surface area contributed by atoms with Gasteiger partial charge in [0.15, 0.2) is 0 Å². The number of aromatic nitrogens is 1. The van der Waals surface area contributed by atoms with Crippen LogP contribution >= 0.6 is 11.8 Å². The van der Waals surface area contributed by atoms with Gasteiger partial charge in [0.2, 0.25) is 0 Å². The van der Waals surface area contributed by atoms with E-state index in [9.17, 15) is 35.9 Å². The summed E-state index contributed by atoms with van der Waals surface area (Å²) in [5.74, 6) is -0.931. The molecule has 4 nitrogen and oxygen atoms in total. The highest BCUT2D eigenvalue weighted by molar-refractivity contribution is 8.03. The lowest BCUT2D eigenvalue weighted by atomic mass is 9.91. The molecule has 33 heavy (non-hydrogen) atoms. The Morgan fingerprint density at radius 1 is 1.12 bits per heavy atom. The van der Waals surface area contributed by atoms with E-state index >= 15 is 0 Å². The maximum atomic E-state index is 12.9. The van der Waals surface area contributed by atoms with Crippen molar-refractivity contribution >= 4 is 17.7 Å². The fourth-order valence-electron chi connectivity index (χ4n) is 3.77. The van der Waals surface area contributed by atoms with Gasteiger partial charge < -0.3 is 10.3 Å². The topological polar surface area (TPSA) is 62.0 Å². The first-order chi connectivity index (χ1) is 15.4. The molecule has 1 aromatic heterocycles. The Labute approximate surface area is 187 Å². The standard InChI is InChI=1S/C22H16F6N2O2S/c23-21(24,25)10-11-5-7-16-14(9-11)18(12-3-1-2-4-15(12)33-16)30-20(32)13-6-8-17(22(26,27)28)29-19(13)31/h1,3,5-9,18H,2,4,10H2,(H,29,31)(H,30,32). The van der Waals surface area contributed by atoms with E-state index in [0.717, 1.165) is 17.4 Å². The number of nitrogens with one attached hydrogen (secondary N) is 2. The molecule has 0 spiro atoms. The number of amides is 1. The zero-order valence-electron chi connectivity index (χ0n) is 16.7. The molecule has 1 amide bonds. The van der Waals surface area contributed by atoms with Crippen molar-refractivity contribution in [3.8, 4) is 0 Å². The zero-order chi connectivity index (χ0) is 24.0. The molecule has 2 aromatic rings. The lowest BCUT2D eigenvalue weighted by molar-refractivity contribution is -0.141. The second-order valence-corrected chi connectivity index (χ2v) is 8.74. The first-order valence-electron chi connectivity index (χ1n) is 9.81. The third kappa shape index (κ3) is 5.02. The van der Waals surface area contributed by atoms with Crippen molar-refractivity contribution in [2.45, 2.75) is 42.6 Å². The Morgan fingerprint density at radius 3 is 2.55 bits per heavy atom. The number of thioether (sulfide) groups is 1. The van der Waals surface area contributed by atoms with Crippen LogP contribution in [-0.2, 0) is 12.6 Å². The summed E-state index contributed by atoms with van der Waals surface area (Å²) in [5.41, 5.74) is -1.91. The summed E-state index contributed by atoms with van der Waals surface area (Å²) in [7, 11) is 0. The first kappa shape index (κ1) is 23.2. The van der Waals surface area contributed by atoms with Crippen LogP contribution in [0.2, 0.25) is 0 Å². The number of rotatable bonds is 3. The summed E-state index contributed by atoms with van der Waals surface area (Å²) in [6, 6.07) is 4.82. The number of alkyl halides is 6. The second kappa shape index (κ2) is 8.44. The van der Waals surface area contributed by atoms with Gasteiger partial charge in [-0.15, -0.1) is 0 Å². The summed E-state index contributed by atoms with van der Waals surface area (Å²) < 4.78 is 77.2. The number of carbonyl (C=O) groups excluding carboxylic acids is 1. The fourth-order valence-corrected chi connectivity index (χ4v) is 4.99. The van der Waals surface area contributed by atoms with Crippen LogP contribution in [0.5, 0.6) is 0 Å². The van der Waals surface area contributed by atoms with Crippen LogP contribution in [0, 0.1) is 0 Å². The Bertz CT molecular complexity index is 1230. The summed E-state index contributed by atoms with van der Waals surface area (Å²) in [4.78, 5) is 28.2. The van der Waals surface area contributed by atoms with Gasteiger partial charge in [-0.3, -0.25) is 9.59 Å². The highest BCUT2D eigenvalue weighted by Gasteiger charge is 2.34. The quantitative estimate of drug-likeness (QED) is 0.549. The van der Waals surface area contributed by atoms with E-state index in [1.165, 1.54) is 23.9 Å². The predicted molar refractivity (Wildman–Crippen MR) is 110 cm³/mol. The summed E-state index contributed by atoms with van der Waals surface area (Å²) >= 11 is 1.41. The van der Waals surface area contributed by atoms with Crippen LogP contribution in [0.3, 0.4) is 0 Å². The molecule has 1 aliphatic carbocycles. The van der Waals surface area contributed by atoms with E-state index in [-0.39, 0.29) is 5.56 Å². The van der Waals surface area contributed by atoms with Gasteiger partial charge in [-0.1, -0.05) is 36.0 Å². The van der Waals surface area contributed by atoms with Gasteiger partial charge in [0.05, 0.1) is 12.5 Å². The van der Waals surface area contributed by atoms with E-state index in [1.807, 2.05) is 6.08 Å². The van der Waals surface area contributed by atoms with Crippen molar-refractivity contribution in [1.29, 1.82) is 0 Å². The lowest BCUT2D eigenvalue weighted by Crippen LogP contribution is -2.35. The number of hydrogen-bond donors (Lipinski definition) is 2. The molecule has 2 heterocycles.